The molecule has 0 saturated carbocycles. The van der Waals surface area contributed by atoms with Crippen LogP contribution in [0.25, 0.3) is 0 Å². The van der Waals surface area contributed by atoms with Crippen molar-refractivity contribution in [2.45, 2.75) is 18.7 Å². The summed E-state index contributed by atoms with van der Waals surface area (Å²) in [5.41, 5.74) is -0.296. The predicted octanol–water partition coefficient (Wildman–Crippen LogP) is 3.04. The Bertz CT molecular complexity index is 372. The van der Waals surface area contributed by atoms with Crippen LogP contribution in [0.4, 0.5) is 22.0 Å². The van der Waals surface area contributed by atoms with E-state index in [-0.39, 0.29) is 5.56 Å². The maximum absolute atomic E-state index is 13.0. The van der Waals surface area contributed by atoms with E-state index in [4.69, 9.17) is 0 Å². The van der Waals surface area contributed by atoms with Gasteiger partial charge in [-0.05, 0) is 12.1 Å². The molecule has 0 aliphatic heterocycles. The zero-order chi connectivity index (χ0) is 13.1. The minimum absolute atomic E-state index is 0.296. The lowest BCUT2D eigenvalue weighted by molar-refractivity contribution is -0.251. The van der Waals surface area contributed by atoms with Crippen molar-refractivity contribution >= 4 is 5.97 Å². The van der Waals surface area contributed by atoms with E-state index < -0.39 is 24.7 Å². The van der Waals surface area contributed by atoms with Crippen molar-refractivity contribution in [1.29, 1.82) is 0 Å². The Hall–Kier alpha value is -1.66. The van der Waals surface area contributed by atoms with E-state index in [1.807, 2.05) is 0 Å². The topological polar surface area (TPSA) is 26.3 Å². The van der Waals surface area contributed by atoms with Crippen LogP contribution >= 0.6 is 0 Å². The van der Waals surface area contributed by atoms with E-state index in [9.17, 15) is 26.7 Å². The molecule has 0 fully saturated rings. The van der Waals surface area contributed by atoms with Crippen LogP contribution in [0.5, 0.6) is 0 Å². The molecule has 1 rings (SSSR count). The number of carbonyl (C=O) groups is 1. The van der Waals surface area contributed by atoms with Crippen LogP contribution in [-0.4, -0.2) is 24.7 Å². The first-order valence-corrected chi connectivity index (χ1v) is 4.41. The SMILES string of the molecule is O=C(OC(F)(C(F)F)C(F)F)c1ccccc1. The summed E-state index contributed by atoms with van der Waals surface area (Å²) >= 11 is 0. The smallest absolute Gasteiger partial charge is 0.371 e. The molecule has 1 aromatic rings. The number of halogens is 5. The van der Waals surface area contributed by atoms with Crippen LogP contribution in [0.2, 0.25) is 0 Å². The van der Waals surface area contributed by atoms with Crippen LogP contribution < -0.4 is 0 Å². The summed E-state index contributed by atoms with van der Waals surface area (Å²) in [5, 5.41) is 0. The molecular formula is C10H7F5O2. The standard InChI is InChI=1S/C10H7F5O2/c11-8(12)10(15,9(13)14)17-7(16)6-4-2-1-3-5-6/h1-5,8-9H. The zero-order valence-corrected chi connectivity index (χ0v) is 8.25. The number of rotatable bonds is 4. The second-order valence-electron chi connectivity index (χ2n) is 3.05. The highest BCUT2D eigenvalue weighted by Gasteiger charge is 2.53. The third-order valence-electron chi connectivity index (χ3n) is 1.85. The van der Waals surface area contributed by atoms with E-state index in [0.717, 1.165) is 12.1 Å². The highest BCUT2D eigenvalue weighted by molar-refractivity contribution is 5.89. The third-order valence-corrected chi connectivity index (χ3v) is 1.85. The van der Waals surface area contributed by atoms with Crippen molar-refractivity contribution in [3.05, 3.63) is 35.9 Å². The average Bonchev–Trinajstić information content (AvgIpc) is 2.29. The maximum Gasteiger partial charge on any atom is 0.371 e. The Morgan fingerprint density at radius 1 is 1.06 bits per heavy atom. The molecule has 0 atom stereocenters. The number of ether oxygens (including phenoxy) is 1. The van der Waals surface area contributed by atoms with Gasteiger partial charge in [0.2, 0.25) is 0 Å². The summed E-state index contributed by atoms with van der Waals surface area (Å²) in [6.45, 7) is 0. The molecule has 1 aromatic carbocycles. The summed E-state index contributed by atoms with van der Waals surface area (Å²) in [4.78, 5) is 11.1. The lowest BCUT2D eigenvalue weighted by Crippen LogP contribution is -2.44. The molecule has 94 valence electrons. The van der Waals surface area contributed by atoms with E-state index in [2.05, 4.69) is 4.74 Å². The lowest BCUT2D eigenvalue weighted by atomic mass is 10.2. The van der Waals surface area contributed by atoms with Gasteiger partial charge in [-0.15, -0.1) is 0 Å². The quantitative estimate of drug-likeness (QED) is 0.609. The number of hydrogen-bond acceptors (Lipinski definition) is 2. The van der Waals surface area contributed by atoms with Crippen LogP contribution in [0, 0.1) is 0 Å². The molecule has 0 aromatic heterocycles. The van der Waals surface area contributed by atoms with E-state index in [0.29, 0.717) is 0 Å². The average molecular weight is 254 g/mol. The van der Waals surface area contributed by atoms with Crippen LogP contribution in [0.1, 0.15) is 10.4 Å². The first-order valence-electron chi connectivity index (χ1n) is 4.41. The molecule has 2 nitrogen and oxygen atoms in total. The zero-order valence-electron chi connectivity index (χ0n) is 8.25. The Morgan fingerprint density at radius 2 is 1.53 bits per heavy atom. The molecule has 0 radical (unpaired) electrons. The van der Waals surface area contributed by atoms with Crippen molar-refractivity contribution in [1.82, 2.24) is 0 Å². The lowest BCUT2D eigenvalue weighted by Gasteiger charge is -2.23. The number of benzene rings is 1. The van der Waals surface area contributed by atoms with Gasteiger partial charge in [0.1, 0.15) is 0 Å². The summed E-state index contributed by atoms with van der Waals surface area (Å²) in [6.07, 6.45) is -8.26. The molecule has 17 heavy (non-hydrogen) atoms. The molecule has 0 bridgehead atoms. The molecule has 0 heterocycles. The number of alkyl halides is 5. The summed E-state index contributed by atoms with van der Waals surface area (Å²) in [5.74, 6) is -6.17. The summed E-state index contributed by atoms with van der Waals surface area (Å²) in [7, 11) is 0. The third kappa shape index (κ3) is 2.92. The molecular weight excluding hydrogens is 247 g/mol. The molecule has 7 heteroatoms. The summed E-state index contributed by atoms with van der Waals surface area (Å²) in [6, 6.07) is 6.45. The second kappa shape index (κ2) is 5.11. The predicted molar refractivity (Wildman–Crippen MR) is 47.7 cm³/mol. The molecule has 0 N–H and O–H groups in total. The molecule has 0 saturated heterocycles. The van der Waals surface area contributed by atoms with Gasteiger partial charge in [-0.2, -0.15) is 4.39 Å². The largest absolute Gasteiger partial charge is 0.414 e. The van der Waals surface area contributed by atoms with Crippen molar-refractivity contribution in [3.63, 3.8) is 0 Å². The van der Waals surface area contributed by atoms with Crippen molar-refractivity contribution in [2.75, 3.05) is 0 Å². The van der Waals surface area contributed by atoms with Gasteiger partial charge in [0.05, 0.1) is 5.56 Å². The van der Waals surface area contributed by atoms with E-state index in [1.165, 1.54) is 18.2 Å². The number of hydrogen-bond donors (Lipinski definition) is 0. The van der Waals surface area contributed by atoms with E-state index in [1.54, 1.807) is 0 Å². The minimum Gasteiger partial charge on any atom is -0.414 e. The molecule has 0 aliphatic rings. The Morgan fingerprint density at radius 3 is 1.94 bits per heavy atom. The van der Waals surface area contributed by atoms with Gasteiger partial charge in [-0.1, -0.05) is 18.2 Å². The fourth-order valence-corrected chi connectivity index (χ4v) is 0.960. The molecule has 0 aliphatic carbocycles. The van der Waals surface area contributed by atoms with Gasteiger partial charge in [-0.25, -0.2) is 22.4 Å². The number of esters is 1. The van der Waals surface area contributed by atoms with Crippen LogP contribution in [0.15, 0.2) is 30.3 Å². The van der Waals surface area contributed by atoms with Gasteiger partial charge in [0.25, 0.3) is 0 Å². The fourth-order valence-electron chi connectivity index (χ4n) is 0.960. The first kappa shape index (κ1) is 13.4. The van der Waals surface area contributed by atoms with Gasteiger partial charge in [0, 0.05) is 0 Å². The maximum atomic E-state index is 13.0. The summed E-state index contributed by atoms with van der Waals surface area (Å²) < 4.78 is 64.9. The van der Waals surface area contributed by atoms with Gasteiger partial charge >= 0.3 is 24.7 Å². The fraction of sp³-hybridized carbons (Fsp3) is 0.300. The minimum atomic E-state index is -4.59. The van der Waals surface area contributed by atoms with Gasteiger partial charge in [0.15, 0.2) is 0 Å². The van der Waals surface area contributed by atoms with Crippen LogP contribution in [-0.2, 0) is 4.74 Å². The van der Waals surface area contributed by atoms with Crippen LogP contribution in [0.3, 0.4) is 0 Å². The normalized spacial score (nSPS) is 11.9. The number of carbonyl (C=O) groups excluding carboxylic acids is 1. The highest BCUT2D eigenvalue weighted by Crippen LogP contribution is 2.30. The van der Waals surface area contributed by atoms with Crippen molar-refractivity contribution in [2.24, 2.45) is 0 Å². The molecule has 0 spiro atoms. The van der Waals surface area contributed by atoms with Crippen molar-refractivity contribution < 1.29 is 31.5 Å². The Kier molecular flexibility index (Phi) is 4.03. The van der Waals surface area contributed by atoms with Gasteiger partial charge < -0.3 is 4.74 Å². The monoisotopic (exact) mass is 254 g/mol. The molecule has 0 amide bonds. The first-order chi connectivity index (χ1) is 7.88. The van der Waals surface area contributed by atoms with Crippen molar-refractivity contribution in [3.8, 4) is 0 Å². The Labute approximate surface area is 93.0 Å². The van der Waals surface area contributed by atoms with E-state index >= 15 is 0 Å². The highest BCUT2D eigenvalue weighted by atomic mass is 19.3. The second-order valence-corrected chi connectivity index (χ2v) is 3.05. The van der Waals surface area contributed by atoms with Gasteiger partial charge in [-0.3, -0.25) is 0 Å². The molecule has 0 unspecified atom stereocenters. The Balaban J connectivity index is 2.86.